The number of para-hydroxylation sites is 2. The van der Waals surface area contributed by atoms with Crippen LogP contribution >= 0.6 is 0 Å². The quantitative estimate of drug-likeness (QED) is 0.179. The molecule has 0 spiro atoms. The van der Waals surface area contributed by atoms with Gasteiger partial charge < -0.3 is 13.4 Å². The second kappa shape index (κ2) is 12.2. The predicted octanol–water partition coefficient (Wildman–Crippen LogP) is 14.1. The van der Waals surface area contributed by atoms with Crippen LogP contribution in [0.1, 0.15) is 0 Å². The van der Waals surface area contributed by atoms with Crippen LogP contribution in [-0.2, 0) is 0 Å². The maximum Gasteiger partial charge on any atom is 0.164 e. The van der Waals surface area contributed by atoms with Crippen molar-refractivity contribution < 1.29 is 8.83 Å². The van der Waals surface area contributed by atoms with Crippen LogP contribution in [0.5, 0.6) is 0 Å². The maximum atomic E-state index is 6.74. The van der Waals surface area contributed by atoms with Crippen molar-refractivity contribution in [3.8, 4) is 39.9 Å². The normalized spacial score (nSPS) is 12.1. The molecule has 0 radical (unpaired) electrons. The first-order valence-electron chi connectivity index (χ1n) is 19.8. The second-order valence-corrected chi connectivity index (χ2v) is 15.2. The minimum atomic E-state index is 0.570. The molecule has 0 aliphatic rings. The molecule has 0 atom stereocenters. The van der Waals surface area contributed by atoms with Gasteiger partial charge in [-0.3, -0.25) is 0 Å². The summed E-state index contributed by atoms with van der Waals surface area (Å²) in [5.41, 5.74) is 9.32. The van der Waals surface area contributed by atoms with E-state index in [2.05, 4.69) is 120 Å². The molecule has 59 heavy (non-hydrogen) atoms. The largest absolute Gasteiger partial charge is 0.456 e. The molecule has 0 bridgehead atoms. The Labute approximate surface area is 336 Å². The number of aromatic nitrogens is 4. The molecule has 9 aromatic carbocycles. The summed E-state index contributed by atoms with van der Waals surface area (Å²) in [6.07, 6.45) is 0. The van der Waals surface area contributed by atoms with Crippen molar-refractivity contribution in [2.45, 2.75) is 0 Å². The van der Waals surface area contributed by atoms with Gasteiger partial charge in [0.25, 0.3) is 0 Å². The first-order valence-corrected chi connectivity index (χ1v) is 19.8. The minimum absolute atomic E-state index is 0.570. The highest BCUT2D eigenvalue weighted by Gasteiger charge is 2.21. The predicted molar refractivity (Wildman–Crippen MR) is 240 cm³/mol. The van der Waals surface area contributed by atoms with E-state index in [9.17, 15) is 0 Å². The van der Waals surface area contributed by atoms with E-state index in [1.54, 1.807) is 0 Å². The number of furan rings is 2. The lowest BCUT2D eigenvalue weighted by atomic mass is 10.0. The van der Waals surface area contributed by atoms with Crippen LogP contribution in [0.3, 0.4) is 0 Å². The zero-order chi connectivity index (χ0) is 38.6. The summed E-state index contributed by atoms with van der Waals surface area (Å²) >= 11 is 0. The van der Waals surface area contributed by atoms with Crippen LogP contribution in [0.25, 0.3) is 127 Å². The Morgan fingerprint density at radius 3 is 1.76 bits per heavy atom. The molecule has 0 saturated carbocycles. The molecule has 0 amide bonds. The van der Waals surface area contributed by atoms with Crippen molar-refractivity contribution in [2.24, 2.45) is 0 Å². The Balaban J connectivity index is 1.04. The lowest BCUT2D eigenvalue weighted by Crippen LogP contribution is -2.00. The molecule has 13 rings (SSSR count). The lowest BCUT2D eigenvalue weighted by molar-refractivity contribution is 0.669. The molecule has 0 unspecified atom stereocenters. The fourth-order valence-corrected chi connectivity index (χ4v) is 9.03. The molecule has 4 aromatic heterocycles. The first kappa shape index (κ1) is 32.0. The Morgan fingerprint density at radius 2 is 0.932 bits per heavy atom. The van der Waals surface area contributed by atoms with Gasteiger partial charge in [-0.25, -0.2) is 15.0 Å². The number of hydrogen-bond acceptors (Lipinski definition) is 5. The van der Waals surface area contributed by atoms with Crippen LogP contribution in [0.4, 0.5) is 0 Å². The molecule has 0 aliphatic carbocycles. The third kappa shape index (κ3) is 4.84. The average molecular weight is 755 g/mol. The van der Waals surface area contributed by atoms with E-state index >= 15 is 0 Å². The van der Waals surface area contributed by atoms with Crippen molar-refractivity contribution in [2.75, 3.05) is 0 Å². The monoisotopic (exact) mass is 754 g/mol. The number of rotatable bonds is 4. The third-order valence-electron chi connectivity index (χ3n) is 11.8. The summed E-state index contributed by atoms with van der Waals surface area (Å²) in [4.78, 5) is 15.2. The second-order valence-electron chi connectivity index (χ2n) is 15.2. The summed E-state index contributed by atoms with van der Waals surface area (Å²) in [6, 6.07) is 63.4. The van der Waals surface area contributed by atoms with Crippen molar-refractivity contribution in [1.82, 2.24) is 19.5 Å². The Bertz CT molecular complexity index is 3860. The van der Waals surface area contributed by atoms with Gasteiger partial charge in [-0.1, -0.05) is 121 Å². The SMILES string of the molecule is c1ccc(-c2nc(-c3ccc4c(c3)oc3ccccc34)nc(-c3ccc4oc5c6ccccc6c(-n6c7ccccc7c7cc8ccccc8cc76)cc5c4c3)n2)cc1. The number of fused-ring (bicyclic) bond motifs is 12. The van der Waals surface area contributed by atoms with Crippen LogP contribution in [0.15, 0.2) is 191 Å². The lowest BCUT2D eigenvalue weighted by Gasteiger charge is -2.13. The van der Waals surface area contributed by atoms with E-state index in [0.717, 1.165) is 88.1 Å². The van der Waals surface area contributed by atoms with Crippen LogP contribution in [0, 0.1) is 0 Å². The smallest absolute Gasteiger partial charge is 0.164 e. The summed E-state index contributed by atoms with van der Waals surface area (Å²) in [5, 5.41) is 11.2. The standard InChI is InChI=1S/C53H30N4O2/c1-2-12-31(13-3-1)51-54-52(56-53(55-51)35-22-24-39-38-18-9-11-21-47(38)58-49(39)29-35)34-23-25-48-42(27-34)43-30-46(36-16-6-7-19-40(36)50(43)59-48)57-44-20-10-8-17-37(44)41-26-32-14-4-5-15-33(32)28-45(41)57/h1-30H. The molecule has 0 fully saturated rings. The molecule has 6 heteroatoms. The van der Waals surface area contributed by atoms with Gasteiger partial charge in [0.1, 0.15) is 22.3 Å². The molecular weight excluding hydrogens is 725 g/mol. The Morgan fingerprint density at radius 1 is 0.322 bits per heavy atom. The molecule has 0 saturated heterocycles. The molecular formula is C53H30N4O2. The van der Waals surface area contributed by atoms with E-state index in [1.165, 1.54) is 21.5 Å². The summed E-state index contributed by atoms with van der Waals surface area (Å²) in [7, 11) is 0. The average Bonchev–Trinajstić information content (AvgIpc) is 3.97. The summed E-state index contributed by atoms with van der Waals surface area (Å²) < 4.78 is 15.4. The molecule has 4 heterocycles. The summed E-state index contributed by atoms with van der Waals surface area (Å²) in [5.74, 6) is 1.74. The van der Waals surface area contributed by atoms with Gasteiger partial charge in [-0.2, -0.15) is 0 Å². The van der Waals surface area contributed by atoms with Crippen LogP contribution in [-0.4, -0.2) is 19.5 Å². The van der Waals surface area contributed by atoms with Crippen LogP contribution < -0.4 is 0 Å². The highest BCUT2D eigenvalue weighted by molar-refractivity contribution is 6.20. The third-order valence-corrected chi connectivity index (χ3v) is 11.8. The van der Waals surface area contributed by atoms with E-state index < -0.39 is 0 Å². The fourth-order valence-electron chi connectivity index (χ4n) is 9.03. The highest BCUT2D eigenvalue weighted by atomic mass is 16.3. The Hall–Kier alpha value is -8.09. The minimum Gasteiger partial charge on any atom is -0.456 e. The molecule has 274 valence electrons. The van der Waals surface area contributed by atoms with E-state index in [0.29, 0.717) is 17.5 Å². The fraction of sp³-hybridized carbons (Fsp3) is 0. The molecule has 0 aliphatic heterocycles. The maximum absolute atomic E-state index is 6.74. The van der Waals surface area contributed by atoms with Crippen molar-refractivity contribution >= 4 is 87.2 Å². The van der Waals surface area contributed by atoms with E-state index in [1.807, 2.05) is 66.7 Å². The van der Waals surface area contributed by atoms with Gasteiger partial charge in [-0.05, 0) is 71.4 Å². The van der Waals surface area contributed by atoms with Gasteiger partial charge in [0.2, 0.25) is 0 Å². The summed E-state index contributed by atoms with van der Waals surface area (Å²) in [6.45, 7) is 0. The van der Waals surface area contributed by atoms with Gasteiger partial charge in [0.05, 0.1) is 16.7 Å². The highest BCUT2D eigenvalue weighted by Crippen LogP contribution is 2.42. The van der Waals surface area contributed by atoms with Gasteiger partial charge in [0, 0.05) is 59.8 Å². The van der Waals surface area contributed by atoms with Gasteiger partial charge in [0.15, 0.2) is 17.5 Å². The zero-order valence-corrected chi connectivity index (χ0v) is 31.4. The topological polar surface area (TPSA) is 69.9 Å². The van der Waals surface area contributed by atoms with Crippen molar-refractivity contribution in [1.29, 1.82) is 0 Å². The molecule has 13 aromatic rings. The van der Waals surface area contributed by atoms with Crippen molar-refractivity contribution in [3.63, 3.8) is 0 Å². The van der Waals surface area contributed by atoms with E-state index in [-0.39, 0.29) is 0 Å². The first-order chi connectivity index (χ1) is 29.2. The molecule has 0 N–H and O–H groups in total. The number of hydrogen-bond donors (Lipinski definition) is 0. The van der Waals surface area contributed by atoms with Crippen molar-refractivity contribution in [3.05, 3.63) is 182 Å². The van der Waals surface area contributed by atoms with Gasteiger partial charge in [-0.15, -0.1) is 0 Å². The van der Waals surface area contributed by atoms with Crippen LogP contribution in [0.2, 0.25) is 0 Å². The number of nitrogens with zero attached hydrogens (tertiary/aromatic N) is 4. The number of benzene rings is 9. The van der Waals surface area contributed by atoms with Gasteiger partial charge >= 0.3 is 0 Å². The van der Waals surface area contributed by atoms with E-state index in [4.69, 9.17) is 23.8 Å². The molecule has 6 nitrogen and oxygen atoms in total. The Kier molecular flexibility index (Phi) is 6.63. The zero-order valence-electron chi connectivity index (χ0n) is 31.4.